The predicted molar refractivity (Wildman–Crippen MR) is 69.3 cm³/mol. The zero-order chi connectivity index (χ0) is 11.7. The van der Waals surface area contributed by atoms with Crippen LogP contribution in [0.4, 0.5) is 0 Å². The number of halogens is 1. The summed E-state index contributed by atoms with van der Waals surface area (Å²) in [6.45, 7) is 3.90. The molecule has 3 nitrogen and oxygen atoms in total. The minimum absolute atomic E-state index is 0.112. The first-order chi connectivity index (χ1) is 7.56. The quantitative estimate of drug-likeness (QED) is 0.919. The summed E-state index contributed by atoms with van der Waals surface area (Å²) >= 11 is 3.45. The molecule has 0 fully saturated rings. The highest BCUT2D eigenvalue weighted by atomic mass is 79.9. The zero-order valence-electron chi connectivity index (χ0n) is 9.37. The van der Waals surface area contributed by atoms with Crippen LogP contribution >= 0.6 is 15.9 Å². The van der Waals surface area contributed by atoms with Crippen LogP contribution in [0.3, 0.4) is 0 Å². The van der Waals surface area contributed by atoms with E-state index in [-0.39, 0.29) is 6.04 Å². The molecule has 0 bridgehead atoms. The summed E-state index contributed by atoms with van der Waals surface area (Å²) < 4.78 is 1.03. The molecule has 1 atom stereocenters. The van der Waals surface area contributed by atoms with Crippen LogP contribution < -0.4 is 5.73 Å². The molecule has 1 unspecified atom stereocenters. The standard InChI is InChI=1S/C12H14BrN3/c1-7(14)5-11-10-4-3-9(13)6-12(10)16-8(2)15-11/h3-4,6-7H,5,14H2,1-2H3. The number of nitrogens with two attached hydrogens (primary N) is 1. The van der Waals surface area contributed by atoms with Crippen LogP contribution in [0.15, 0.2) is 22.7 Å². The molecule has 1 aromatic heterocycles. The van der Waals surface area contributed by atoms with Crippen molar-refractivity contribution in [3.8, 4) is 0 Å². The van der Waals surface area contributed by atoms with E-state index in [4.69, 9.17) is 5.73 Å². The molecule has 84 valence electrons. The van der Waals surface area contributed by atoms with Crippen LogP contribution in [0.1, 0.15) is 18.4 Å². The molecule has 0 amide bonds. The second-order valence-electron chi connectivity index (χ2n) is 4.06. The molecule has 2 N–H and O–H groups in total. The van der Waals surface area contributed by atoms with E-state index in [1.54, 1.807) is 0 Å². The molecule has 0 saturated carbocycles. The van der Waals surface area contributed by atoms with Crippen LogP contribution in [0, 0.1) is 6.92 Å². The van der Waals surface area contributed by atoms with Gasteiger partial charge in [-0.25, -0.2) is 9.97 Å². The molecule has 0 aliphatic rings. The van der Waals surface area contributed by atoms with E-state index in [0.29, 0.717) is 0 Å². The van der Waals surface area contributed by atoms with Gasteiger partial charge in [0.2, 0.25) is 0 Å². The summed E-state index contributed by atoms with van der Waals surface area (Å²) in [5.74, 6) is 0.793. The van der Waals surface area contributed by atoms with Gasteiger partial charge in [0.1, 0.15) is 5.82 Å². The van der Waals surface area contributed by atoms with Crippen molar-refractivity contribution in [1.82, 2.24) is 9.97 Å². The Morgan fingerprint density at radius 2 is 2.12 bits per heavy atom. The molecule has 1 heterocycles. The van der Waals surface area contributed by atoms with E-state index in [0.717, 1.165) is 33.3 Å². The summed E-state index contributed by atoms with van der Waals surface area (Å²) in [5, 5.41) is 1.09. The molecule has 4 heteroatoms. The molecule has 2 rings (SSSR count). The number of hydrogen-bond donors (Lipinski definition) is 1. The average molecular weight is 280 g/mol. The molecule has 16 heavy (non-hydrogen) atoms. The van der Waals surface area contributed by atoms with Gasteiger partial charge in [0.25, 0.3) is 0 Å². The molecule has 0 radical (unpaired) electrons. The fourth-order valence-electron chi connectivity index (χ4n) is 1.76. The first kappa shape index (κ1) is 11.5. The summed E-state index contributed by atoms with van der Waals surface area (Å²) in [6.07, 6.45) is 0.779. The second-order valence-corrected chi connectivity index (χ2v) is 4.98. The molecule has 1 aromatic carbocycles. The van der Waals surface area contributed by atoms with Gasteiger partial charge in [-0.3, -0.25) is 0 Å². The smallest absolute Gasteiger partial charge is 0.126 e. The highest BCUT2D eigenvalue weighted by molar-refractivity contribution is 9.10. The highest BCUT2D eigenvalue weighted by Crippen LogP contribution is 2.21. The summed E-state index contributed by atoms with van der Waals surface area (Å²) in [4.78, 5) is 8.89. The minimum Gasteiger partial charge on any atom is -0.328 e. The molecule has 0 saturated heterocycles. The van der Waals surface area contributed by atoms with Crippen molar-refractivity contribution in [3.05, 3.63) is 34.2 Å². The SMILES string of the molecule is Cc1nc(CC(C)N)c2ccc(Br)cc2n1. The molecule has 0 aliphatic heterocycles. The normalized spacial score (nSPS) is 13.0. The van der Waals surface area contributed by atoms with Gasteiger partial charge in [-0.15, -0.1) is 0 Å². The van der Waals surface area contributed by atoms with Crippen LogP contribution in [0.25, 0.3) is 10.9 Å². The lowest BCUT2D eigenvalue weighted by Gasteiger charge is -2.09. The first-order valence-electron chi connectivity index (χ1n) is 5.24. The van der Waals surface area contributed by atoms with Gasteiger partial charge in [-0.1, -0.05) is 15.9 Å². The third kappa shape index (κ3) is 2.39. The third-order valence-corrected chi connectivity index (χ3v) is 2.86. The van der Waals surface area contributed by atoms with E-state index in [1.807, 2.05) is 32.0 Å². The van der Waals surface area contributed by atoms with Crippen molar-refractivity contribution in [3.63, 3.8) is 0 Å². The predicted octanol–water partition coefficient (Wildman–Crippen LogP) is 2.59. The Bertz CT molecular complexity index is 518. The number of aryl methyl sites for hydroxylation is 1. The van der Waals surface area contributed by atoms with Crippen molar-refractivity contribution in [2.24, 2.45) is 5.73 Å². The maximum atomic E-state index is 5.83. The van der Waals surface area contributed by atoms with Gasteiger partial charge < -0.3 is 5.73 Å². The largest absolute Gasteiger partial charge is 0.328 e. The molecule has 0 spiro atoms. The fourth-order valence-corrected chi connectivity index (χ4v) is 2.11. The van der Waals surface area contributed by atoms with Crippen molar-refractivity contribution in [2.45, 2.75) is 26.3 Å². The summed E-state index contributed by atoms with van der Waals surface area (Å²) in [5.41, 5.74) is 7.83. The number of benzene rings is 1. The monoisotopic (exact) mass is 279 g/mol. The van der Waals surface area contributed by atoms with E-state index in [9.17, 15) is 0 Å². The lowest BCUT2D eigenvalue weighted by atomic mass is 10.1. The van der Waals surface area contributed by atoms with Crippen molar-refractivity contribution in [2.75, 3.05) is 0 Å². The molecule has 0 aliphatic carbocycles. The maximum absolute atomic E-state index is 5.83. The zero-order valence-corrected chi connectivity index (χ0v) is 11.0. The molecular weight excluding hydrogens is 266 g/mol. The third-order valence-electron chi connectivity index (χ3n) is 2.37. The number of aromatic nitrogens is 2. The number of fused-ring (bicyclic) bond motifs is 1. The average Bonchev–Trinajstić information content (AvgIpc) is 2.15. The van der Waals surface area contributed by atoms with E-state index >= 15 is 0 Å². The number of hydrogen-bond acceptors (Lipinski definition) is 3. The Kier molecular flexibility index (Phi) is 3.21. The molecule has 2 aromatic rings. The first-order valence-corrected chi connectivity index (χ1v) is 6.04. The Morgan fingerprint density at radius 3 is 2.81 bits per heavy atom. The summed E-state index contributed by atoms with van der Waals surface area (Å²) in [6, 6.07) is 6.16. The minimum atomic E-state index is 0.112. The Morgan fingerprint density at radius 1 is 1.38 bits per heavy atom. The van der Waals surface area contributed by atoms with Gasteiger partial charge in [0, 0.05) is 22.3 Å². The van der Waals surface area contributed by atoms with Gasteiger partial charge in [-0.2, -0.15) is 0 Å². The van der Waals surface area contributed by atoms with Crippen LogP contribution in [0.5, 0.6) is 0 Å². The maximum Gasteiger partial charge on any atom is 0.126 e. The van der Waals surface area contributed by atoms with E-state index in [1.165, 1.54) is 0 Å². The topological polar surface area (TPSA) is 51.8 Å². The van der Waals surface area contributed by atoms with Crippen LogP contribution in [0.2, 0.25) is 0 Å². The molecular formula is C12H14BrN3. The van der Waals surface area contributed by atoms with E-state index < -0.39 is 0 Å². The lowest BCUT2D eigenvalue weighted by molar-refractivity contribution is 0.722. The Balaban J connectivity index is 2.63. The lowest BCUT2D eigenvalue weighted by Crippen LogP contribution is -2.19. The van der Waals surface area contributed by atoms with Gasteiger partial charge >= 0.3 is 0 Å². The Hall–Kier alpha value is -1.00. The van der Waals surface area contributed by atoms with Gasteiger partial charge in [0.05, 0.1) is 11.2 Å². The van der Waals surface area contributed by atoms with Crippen LogP contribution in [-0.4, -0.2) is 16.0 Å². The van der Waals surface area contributed by atoms with Gasteiger partial charge in [0.15, 0.2) is 0 Å². The van der Waals surface area contributed by atoms with Crippen molar-refractivity contribution < 1.29 is 0 Å². The number of nitrogens with zero attached hydrogens (tertiary/aromatic N) is 2. The van der Waals surface area contributed by atoms with E-state index in [2.05, 4.69) is 25.9 Å². The second kappa shape index (κ2) is 4.47. The fraction of sp³-hybridized carbons (Fsp3) is 0.333. The summed E-state index contributed by atoms with van der Waals surface area (Å²) in [7, 11) is 0. The number of rotatable bonds is 2. The Labute approximate surface area is 103 Å². The van der Waals surface area contributed by atoms with Crippen LogP contribution in [-0.2, 0) is 6.42 Å². The van der Waals surface area contributed by atoms with Crippen molar-refractivity contribution >= 4 is 26.8 Å². The highest BCUT2D eigenvalue weighted by Gasteiger charge is 2.07. The van der Waals surface area contributed by atoms with Gasteiger partial charge in [-0.05, 0) is 32.0 Å². The van der Waals surface area contributed by atoms with Crippen molar-refractivity contribution in [1.29, 1.82) is 0 Å².